The van der Waals surface area contributed by atoms with E-state index in [1.54, 1.807) is 6.07 Å². The zero-order valence-electron chi connectivity index (χ0n) is 12.5. The molecule has 0 aromatic heterocycles. The van der Waals surface area contributed by atoms with Crippen molar-refractivity contribution in [1.29, 1.82) is 0 Å². The van der Waals surface area contributed by atoms with E-state index in [4.69, 9.17) is 0 Å². The molecule has 0 aliphatic rings. The maximum Gasteiger partial charge on any atom is 0.224 e. The first kappa shape index (κ1) is 15.7. The molecule has 1 aromatic carbocycles. The van der Waals surface area contributed by atoms with Crippen LogP contribution in [-0.4, -0.2) is 5.91 Å². The second-order valence-corrected chi connectivity index (χ2v) is 6.70. The van der Waals surface area contributed by atoms with Crippen molar-refractivity contribution in [3.63, 3.8) is 0 Å². The molecule has 0 aliphatic carbocycles. The molecule has 1 amide bonds. The van der Waals surface area contributed by atoms with Gasteiger partial charge >= 0.3 is 0 Å². The topological polar surface area (TPSA) is 29.1 Å². The normalized spacial score (nSPS) is 11.7. The van der Waals surface area contributed by atoms with Gasteiger partial charge in [-0.1, -0.05) is 40.7 Å². The number of rotatable bonds is 4. The van der Waals surface area contributed by atoms with E-state index in [0.29, 0.717) is 6.42 Å². The molecule has 0 atom stereocenters. The van der Waals surface area contributed by atoms with Gasteiger partial charge in [-0.2, -0.15) is 0 Å². The van der Waals surface area contributed by atoms with Crippen molar-refractivity contribution in [3.8, 4) is 0 Å². The van der Waals surface area contributed by atoms with E-state index in [9.17, 15) is 9.18 Å². The Labute approximate surface area is 116 Å². The first-order valence-corrected chi connectivity index (χ1v) is 6.75. The Morgan fingerprint density at radius 1 is 1.37 bits per heavy atom. The lowest BCUT2D eigenvalue weighted by molar-refractivity contribution is -0.116. The molecule has 2 nitrogen and oxygen atoms in total. The summed E-state index contributed by atoms with van der Waals surface area (Å²) in [5.41, 5.74) is 1.34. The van der Waals surface area contributed by atoms with Crippen molar-refractivity contribution in [2.45, 2.75) is 47.5 Å². The van der Waals surface area contributed by atoms with Crippen LogP contribution in [0.4, 0.5) is 10.1 Å². The number of hydrogen-bond donors (Lipinski definition) is 1. The van der Waals surface area contributed by atoms with Crippen LogP contribution in [0.25, 0.3) is 0 Å². The molecule has 1 N–H and O–H groups in total. The van der Waals surface area contributed by atoms with Crippen LogP contribution in [0.2, 0.25) is 0 Å². The molecule has 3 heteroatoms. The summed E-state index contributed by atoms with van der Waals surface area (Å²) in [5, 5.41) is 2.62. The van der Waals surface area contributed by atoms with Crippen LogP contribution in [-0.2, 0) is 11.2 Å². The van der Waals surface area contributed by atoms with Crippen LogP contribution in [0.15, 0.2) is 18.2 Å². The summed E-state index contributed by atoms with van der Waals surface area (Å²) in [5.74, 6) is -0.237. The molecule has 19 heavy (non-hydrogen) atoms. The minimum Gasteiger partial charge on any atom is -0.324 e. The smallest absolute Gasteiger partial charge is 0.224 e. The summed E-state index contributed by atoms with van der Waals surface area (Å²) >= 11 is 0. The Bertz CT molecular complexity index is 452. The van der Waals surface area contributed by atoms with Gasteiger partial charge in [0.05, 0.1) is 5.69 Å². The standard InChI is InChI=1S/C16H24FNO.H2/c1-11(2)8-15(19)18-14-7-6-12(9-13(14)17)10-16(3,4)5;/h6-7,9,11H,8,10H2,1-5H3,(H,18,19);1H. The van der Waals surface area contributed by atoms with E-state index in [0.717, 1.165) is 12.0 Å². The first-order valence-electron chi connectivity index (χ1n) is 6.75. The van der Waals surface area contributed by atoms with Crippen molar-refractivity contribution in [2.75, 3.05) is 5.32 Å². The molecule has 0 aliphatic heterocycles. The highest BCUT2D eigenvalue weighted by atomic mass is 19.1. The zero-order valence-corrected chi connectivity index (χ0v) is 12.5. The van der Waals surface area contributed by atoms with Crippen molar-refractivity contribution < 1.29 is 10.6 Å². The molecule has 0 fully saturated rings. The maximum atomic E-state index is 13.9. The summed E-state index contributed by atoms with van der Waals surface area (Å²) in [6, 6.07) is 5.03. The van der Waals surface area contributed by atoms with Crippen LogP contribution >= 0.6 is 0 Å². The Hall–Kier alpha value is -1.38. The van der Waals surface area contributed by atoms with Gasteiger partial charge in [0, 0.05) is 7.85 Å². The van der Waals surface area contributed by atoms with Gasteiger partial charge in [0.25, 0.3) is 0 Å². The van der Waals surface area contributed by atoms with Crippen LogP contribution in [0, 0.1) is 17.2 Å². The van der Waals surface area contributed by atoms with Gasteiger partial charge in [-0.15, -0.1) is 0 Å². The second-order valence-electron chi connectivity index (χ2n) is 6.70. The van der Waals surface area contributed by atoms with Gasteiger partial charge in [-0.25, -0.2) is 4.39 Å². The summed E-state index contributed by atoms with van der Waals surface area (Å²) in [6.07, 6.45) is 1.22. The molecular weight excluding hydrogens is 241 g/mol. The molecule has 0 spiro atoms. The van der Waals surface area contributed by atoms with Crippen molar-refractivity contribution >= 4 is 11.6 Å². The number of carbonyl (C=O) groups excluding carboxylic acids is 1. The van der Waals surface area contributed by atoms with Gasteiger partial charge in [0.15, 0.2) is 0 Å². The number of halogens is 1. The lowest BCUT2D eigenvalue weighted by Gasteiger charge is -2.18. The predicted molar refractivity (Wildman–Crippen MR) is 79.8 cm³/mol. The van der Waals surface area contributed by atoms with Gasteiger partial charge in [0.1, 0.15) is 5.82 Å². The summed E-state index contributed by atoms with van der Waals surface area (Å²) in [7, 11) is 0. The lowest BCUT2D eigenvalue weighted by Crippen LogP contribution is -2.15. The Balaban J connectivity index is 0.00000361. The third-order valence-corrected chi connectivity index (χ3v) is 2.64. The van der Waals surface area contributed by atoms with Crippen LogP contribution in [0.5, 0.6) is 0 Å². The minimum atomic E-state index is -0.362. The van der Waals surface area contributed by atoms with E-state index in [1.807, 2.05) is 19.9 Å². The van der Waals surface area contributed by atoms with Gasteiger partial charge in [-0.3, -0.25) is 4.79 Å². The molecule has 0 bridgehead atoms. The molecule has 0 heterocycles. The van der Waals surface area contributed by atoms with Crippen LogP contribution < -0.4 is 5.32 Å². The quantitative estimate of drug-likeness (QED) is 0.845. The third kappa shape index (κ3) is 5.86. The number of benzene rings is 1. The fourth-order valence-electron chi connectivity index (χ4n) is 1.95. The molecule has 1 aromatic rings. The van der Waals surface area contributed by atoms with Gasteiger partial charge in [0.2, 0.25) is 5.91 Å². The van der Waals surface area contributed by atoms with E-state index >= 15 is 0 Å². The van der Waals surface area contributed by atoms with E-state index in [1.165, 1.54) is 6.07 Å². The van der Waals surface area contributed by atoms with E-state index < -0.39 is 0 Å². The van der Waals surface area contributed by atoms with Crippen molar-refractivity contribution in [2.24, 2.45) is 11.3 Å². The minimum absolute atomic E-state index is 0. The third-order valence-electron chi connectivity index (χ3n) is 2.64. The first-order chi connectivity index (χ1) is 8.67. The molecule has 0 saturated carbocycles. The number of amides is 1. The SMILES string of the molecule is CC(C)CC(=O)Nc1ccc(CC(C)(C)C)cc1F.[HH]. The molecule has 1 rings (SSSR count). The highest BCUT2D eigenvalue weighted by Crippen LogP contribution is 2.23. The molecular formula is C16H26FNO. The Kier molecular flexibility index (Phi) is 5.10. The van der Waals surface area contributed by atoms with Crippen LogP contribution in [0.3, 0.4) is 0 Å². The predicted octanol–water partition coefficient (Wildman–Crippen LogP) is 4.64. The van der Waals surface area contributed by atoms with Gasteiger partial charge < -0.3 is 5.32 Å². The van der Waals surface area contributed by atoms with Crippen LogP contribution in [0.1, 0.15) is 48.0 Å². The average molecular weight is 267 g/mol. The monoisotopic (exact) mass is 267 g/mol. The molecule has 0 unspecified atom stereocenters. The fourth-order valence-corrected chi connectivity index (χ4v) is 1.95. The molecule has 108 valence electrons. The average Bonchev–Trinajstić information content (AvgIpc) is 2.18. The Morgan fingerprint density at radius 3 is 2.47 bits per heavy atom. The summed E-state index contributed by atoms with van der Waals surface area (Å²) < 4.78 is 13.9. The molecule has 0 radical (unpaired) electrons. The second kappa shape index (κ2) is 6.18. The zero-order chi connectivity index (χ0) is 14.6. The molecule has 0 saturated heterocycles. The summed E-state index contributed by atoms with van der Waals surface area (Å²) in [6.45, 7) is 10.3. The number of carbonyl (C=O) groups is 1. The maximum absolute atomic E-state index is 13.9. The number of anilines is 1. The largest absolute Gasteiger partial charge is 0.324 e. The van der Waals surface area contributed by atoms with Gasteiger partial charge in [-0.05, 0) is 35.4 Å². The summed E-state index contributed by atoms with van der Waals surface area (Å²) in [4.78, 5) is 11.6. The lowest BCUT2D eigenvalue weighted by atomic mass is 9.88. The highest BCUT2D eigenvalue weighted by molar-refractivity contribution is 5.90. The number of nitrogens with one attached hydrogen (secondary N) is 1. The van der Waals surface area contributed by atoms with Crippen molar-refractivity contribution in [3.05, 3.63) is 29.6 Å². The highest BCUT2D eigenvalue weighted by Gasteiger charge is 2.14. The van der Waals surface area contributed by atoms with E-state index in [-0.39, 0.29) is 30.2 Å². The van der Waals surface area contributed by atoms with Crippen molar-refractivity contribution in [1.82, 2.24) is 0 Å². The fraction of sp³-hybridized carbons (Fsp3) is 0.562. The Morgan fingerprint density at radius 2 is 2.00 bits per heavy atom. The number of hydrogen-bond acceptors (Lipinski definition) is 1. The van der Waals surface area contributed by atoms with E-state index in [2.05, 4.69) is 26.1 Å².